The molecule has 1 atom stereocenters. The summed E-state index contributed by atoms with van der Waals surface area (Å²) in [6.45, 7) is 2.24. The van der Waals surface area contributed by atoms with Crippen LogP contribution in [0.15, 0.2) is 41.8 Å². The van der Waals surface area contributed by atoms with Crippen LogP contribution >= 0.6 is 11.3 Å². The molecule has 0 amide bonds. The maximum atomic E-state index is 3.61. The molecule has 106 valence electrons. The van der Waals surface area contributed by atoms with Crippen molar-refractivity contribution in [3.63, 3.8) is 0 Å². The molecular formula is C18H23NS. The van der Waals surface area contributed by atoms with Gasteiger partial charge in [-0.1, -0.05) is 30.3 Å². The molecule has 1 N–H and O–H groups in total. The Kier molecular flexibility index (Phi) is 4.88. The van der Waals surface area contributed by atoms with Gasteiger partial charge in [-0.15, -0.1) is 11.3 Å². The third-order valence-corrected chi connectivity index (χ3v) is 5.28. The fraction of sp³-hybridized carbons (Fsp3) is 0.444. The van der Waals surface area contributed by atoms with Crippen LogP contribution in [-0.2, 0) is 12.8 Å². The molecule has 0 fully saturated rings. The fourth-order valence-electron chi connectivity index (χ4n) is 3.16. The van der Waals surface area contributed by atoms with E-state index in [2.05, 4.69) is 47.1 Å². The van der Waals surface area contributed by atoms with Crippen LogP contribution in [0.4, 0.5) is 0 Å². The Labute approximate surface area is 126 Å². The molecule has 0 saturated carbocycles. The number of fused-ring (bicyclic) bond motifs is 1. The lowest BCUT2D eigenvalue weighted by molar-refractivity contribution is 0.503. The first-order valence-electron chi connectivity index (χ1n) is 7.74. The summed E-state index contributed by atoms with van der Waals surface area (Å²) in [4.78, 5) is 1.64. The van der Waals surface area contributed by atoms with Gasteiger partial charge in [0, 0.05) is 4.88 Å². The molecule has 2 aromatic rings. The SMILES string of the molecule is c1ccc(CCNCCC2CCCc3sccc32)cc1. The van der Waals surface area contributed by atoms with Gasteiger partial charge in [-0.05, 0) is 73.7 Å². The molecule has 1 aliphatic carbocycles. The lowest BCUT2D eigenvalue weighted by Gasteiger charge is -2.22. The molecule has 2 heteroatoms. The molecule has 1 aliphatic rings. The number of thiophene rings is 1. The Morgan fingerprint density at radius 1 is 1.10 bits per heavy atom. The van der Waals surface area contributed by atoms with Gasteiger partial charge in [-0.2, -0.15) is 0 Å². The highest BCUT2D eigenvalue weighted by molar-refractivity contribution is 7.10. The molecule has 1 unspecified atom stereocenters. The predicted octanol–water partition coefficient (Wildman–Crippen LogP) is 4.39. The fourth-order valence-corrected chi connectivity index (χ4v) is 4.17. The van der Waals surface area contributed by atoms with E-state index in [-0.39, 0.29) is 0 Å². The van der Waals surface area contributed by atoms with Gasteiger partial charge in [-0.3, -0.25) is 0 Å². The van der Waals surface area contributed by atoms with E-state index in [1.165, 1.54) is 31.2 Å². The number of hydrogen-bond donors (Lipinski definition) is 1. The van der Waals surface area contributed by atoms with Gasteiger partial charge in [0.1, 0.15) is 0 Å². The molecule has 0 saturated heterocycles. The van der Waals surface area contributed by atoms with Crippen molar-refractivity contribution < 1.29 is 0 Å². The second kappa shape index (κ2) is 7.05. The average molecular weight is 285 g/mol. The Morgan fingerprint density at radius 3 is 2.90 bits per heavy atom. The van der Waals surface area contributed by atoms with Crippen LogP contribution in [0, 0.1) is 0 Å². The largest absolute Gasteiger partial charge is 0.316 e. The first-order valence-corrected chi connectivity index (χ1v) is 8.62. The number of hydrogen-bond acceptors (Lipinski definition) is 2. The van der Waals surface area contributed by atoms with E-state index < -0.39 is 0 Å². The Hall–Kier alpha value is -1.12. The summed E-state index contributed by atoms with van der Waals surface area (Å²) in [5, 5.41) is 5.88. The Bertz CT molecular complexity index is 517. The number of nitrogens with one attached hydrogen (secondary N) is 1. The lowest BCUT2D eigenvalue weighted by atomic mass is 9.85. The van der Waals surface area contributed by atoms with Crippen molar-refractivity contribution in [3.05, 3.63) is 57.8 Å². The van der Waals surface area contributed by atoms with Crippen LogP contribution in [0.1, 0.15) is 41.2 Å². The zero-order chi connectivity index (χ0) is 13.6. The molecule has 0 radical (unpaired) electrons. The first kappa shape index (κ1) is 13.8. The molecule has 1 heterocycles. The van der Waals surface area contributed by atoms with Gasteiger partial charge in [0.15, 0.2) is 0 Å². The third kappa shape index (κ3) is 3.50. The van der Waals surface area contributed by atoms with E-state index in [9.17, 15) is 0 Å². The van der Waals surface area contributed by atoms with E-state index in [4.69, 9.17) is 0 Å². The summed E-state index contributed by atoms with van der Waals surface area (Å²) in [7, 11) is 0. The maximum absolute atomic E-state index is 3.61. The van der Waals surface area contributed by atoms with E-state index in [0.717, 1.165) is 25.4 Å². The highest BCUT2D eigenvalue weighted by Crippen LogP contribution is 2.36. The number of benzene rings is 1. The minimum absolute atomic E-state index is 0.800. The van der Waals surface area contributed by atoms with Gasteiger partial charge in [0.2, 0.25) is 0 Å². The highest BCUT2D eigenvalue weighted by atomic mass is 32.1. The summed E-state index contributed by atoms with van der Waals surface area (Å²) in [6.07, 6.45) is 6.49. The first-order chi connectivity index (χ1) is 9.93. The number of rotatable bonds is 6. The van der Waals surface area contributed by atoms with Crippen LogP contribution in [-0.4, -0.2) is 13.1 Å². The minimum atomic E-state index is 0.800. The van der Waals surface area contributed by atoms with Crippen LogP contribution < -0.4 is 5.32 Å². The van der Waals surface area contributed by atoms with Crippen LogP contribution in [0.25, 0.3) is 0 Å². The smallest absolute Gasteiger partial charge is 0.00800 e. The molecular weight excluding hydrogens is 262 g/mol. The Balaban J connectivity index is 1.39. The summed E-state index contributed by atoms with van der Waals surface area (Å²) < 4.78 is 0. The molecule has 1 aromatic carbocycles. The van der Waals surface area contributed by atoms with Crippen LogP contribution in [0.2, 0.25) is 0 Å². The second-order valence-corrected chi connectivity index (χ2v) is 6.66. The third-order valence-electron chi connectivity index (χ3n) is 4.28. The maximum Gasteiger partial charge on any atom is 0.00800 e. The van der Waals surface area contributed by atoms with E-state index in [1.807, 2.05) is 11.3 Å². The lowest BCUT2D eigenvalue weighted by Crippen LogP contribution is -2.21. The van der Waals surface area contributed by atoms with Crippen molar-refractivity contribution >= 4 is 11.3 Å². The molecule has 0 spiro atoms. The van der Waals surface area contributed by atoms with Crippen molar-refractivity contribution in [2.45, 2.75) is 38.0 Å². The van der Waals surface area contributed by atoms with Crippen molar-refractivity contribution in [1.29, 1.82) is 0 Å². The normalized spacial score (nSPS) is 17.9. The van der Waals surface area contributed by atoms with Gasteiger partial charge in [0.05, 0.1) is 0 Å². The van der Waals surface area contributed by atoms with Crippen molar-refractivity contribution in [1.82, 2.24) is 5.32 Å². The standard InChI is InChI=1S/C18H23NS/c1-2-5-15(6-3-1)9-12-19-13-10-16-7-4-8-18-17(16)11-14-20-18/h1-3,5-6,11,14,16,19H,4,7-10,12-13H2. The molecule has 20 heavy (non-hydrogen) atoms. The molecule has 1 aromatic heterocycles. The summed E-state index contributed by atoms with van der Waals surface area (Å²) in [5.41, 5.74) is 3.07. The zero-order valence-corrected chi connectivity index (χ0v) is 12.8. The molecule has 0 bridgehead atoms. The second-order valence-electron chi connectivity index (χ2n) is 5.66. The molecule has 3 rings (SSSR count). The number of aryl methyl sites for hydroxylation is 1. The highest BCUT2D eigenvalue weighted by Gasteiger charge is 2.20. The van der Waals surface area contributed by atoms with Crippen molar-refractivity contribution in [2.24, 2.45) is 0 Å². The molecule has 1 nitrogen and oxygen atoms in total. The minimum Gasteiger partial charge on any atom is -0.316 e. The van der Waals surface area contributed by atoms with Crippen molar-refractivity contribution in [2.75, 3.05) is 13.1 Å². The van der Waals surface area contributed by atoms with Gasteiger partial charge in [0.25, 0.3) is 0 Å². The Morgan fingerprint density at radius 2 is 2.00 bits per heavy atom. The summed E-state index contributed by atoms with van der Waals surface area (Å²) in [6, 6.07) is 13.1. The topological polar surface area (TPSA) is 12.0 Å². The van der Waals surface area contributed by atoms with E-state index in [0.29, 0.717) is 0 Å². The van der Waals surface area contributed by atoms with Crippen molar-refractivity contribution in [3.8, 4) is 0 Å². The van der Waals surface area contributed by atoms with Gasteiger partial charge < -0.3 is 5.32 Å². The van der Waals surface area contributed by atoms with E-state index >= 15 is 0 Å². The zero-order valence-electron chi connectivity index (χ0n) is 12.0. The van der Waals surface area contributed by atoms with Gasteiger partial charge in [-0.25, -0.2) is 0 Å². The van der Waals surface area contributed by atoms with Crippen LogP contribution in [0.3, 0.4) is 0 Å². The summed E-state index contributed by atoms with van der Waals surface area (Å²) >= 11 is 1.95. The monoisotopic (exact) mass is 285 g/mol. The molecule has 0 aliphatic heterocycles. The average Bonchev–Trinajstić information content (AvgIpc) is 2.97. The van der Waals surface area contributed by atoms with Gasteiger partial charge >= 0.3 is 0 Å². The summed E-state index contributed by atoms with van der Waals surface area (Å²) in [5.74, 6) is 0.800. The predicted molar refractivity (Wildman–Crippen MR) is 87.6 cm³/mol. The van der Waals surface area contributed by atoms with E-state index in [1.54, 1.807) is 10.4 Å². The quantitative estimate of drug-likeness (QED) is 0.776. The van der Waals surface area contributed by atoms with Crippen LogP contribution in [0.5, 0.6) is 0 Å².